The molecule has 0 spiro atoms. The number of carbonyl (C=O) groups is 2. The van der Waals surface area contributed by atoms with Crippen LogP contribution >= 0.6 is 0 Å². The van der Waals surface area contributed by atoms with E-state index in [1.807, 2.05) is 30.3 Å². The van der Waals surface area contributed by atoms with Gasteiger partial charge in [0, 0.05) is 30.5 Å². The Labute approximate surface area is 236 Å². The van der Waals surface area contributed by atoms with Crippen LogP contribution in [0.5, 0.6) is 11.5 Å². The van der Waals surface area contributed by atoms with Gasteiger partial charge >= 0.3 is 0 Å². The minimum Gasteiger partial charge on any atom is -0.454 e. The second-order valence-electron chi connectivity index (χ2n) is 10.1. The van der Waals surface area contributed by atoms with E-state index in [9.17, 15) is 14.0 Å². The molecule has 6 rings (SSSR count). The van der Waals surface area contributed by atoms with E-state index in [0.29, 0.717) is 40.6 Å². The molecule has 1 atom stereocenters. The van der Waals surface area contributed by atoms with Crippen LogP contribution in [0.1, 0.15) is 28.8 Å². The highest BCUT2D eigenvalue weighted by atomic mass is 19.1. The highest BCUT2D eigenvalue weighted by Crippen LogP contribution is 2.33. The van der Waals surface area contributed by atoms with Gasteiger partial charge in [-0.1, -0.05) is 36.4 Å². The lowest BCUT2D eigenvalue weighted by Gasteiger charge is -2.25. The Morgan fingerprint density at radius 2 is 1.90 bits per heavy atom. The zero-order valence-corrected chi connectivity index (χ0v) is 22.5. The molecule has 0 bridgehead atoms. The smallest absolute Gasteiger partial charge is 0.254 e. The first-order valence-corrected chi connectivity index (χ1v) is 13.5. The zero-order chi connectivity index (χ0) is 28.3. The summed E-state index contributed by atoms with van der Waals surface area (Å²) in [7, 11) is 0. The summed E-state index contributed by atoms with van der Waals surface area (Å²) >= 11 is 0. The molecule has 1 saturated heterocycles. The maximum atomic E-state index is 14.5. The molecule has 41 heavy (non-hydrogen) atoms. The molecule has 10 heteroatoms. The number of imidazole rings is 1. The van der Waals surface area contributed by atoms with Crippen LogP contribution in [0.4, 0.5) is 10.3 Å². The molecule has 1 fully saturated rings. The highest BCUT2D eigenvalue weighted by molar-refractivity contribution is 5.99. The summed E-state index contributed by atoms with van der Waals surface area (Å²) in [5, 5.41) is 2.85. The summed E-state index contributed by atoms with van der Waals surface area (Å²) in [5.74, 6) is 0.118. The maximum absolute atomic E-state index is 14.5. The maximum Gasteiger partial charge on any atom is 0.254 e. The second-order valence-corrected chi connectivity index (χ2v) is 10.1. The first kappa shape index (κ1) is 26.5. The van der Waals surface area contributed by atoms with Crippen molar-refractivity contribution in [3.8, 4) is 28.4 Å². The van der Waals surface area contributed by atoms with Gasteiger partial charge in [0.05, 0.1) is 17.5 Å². The van der Waals surface area contributed by atoms with E-state index in [2.05, 4.69) is 10.3 Å². The molecule has 4 aromatic rings. The van der Waals surface area contributed by atoms with E-state index in [-0.39, 0.29) is 43.7 Å². The molecule has 1 aromatic heterocycles. The van der Waals surface area contributed by atoms with Gasteiger partial charge in [-0.25, -0.2) is 9.37 Å². The molecule has 0 aliphatic carbocycles. The Hall–Kier alpha value is -4.70. The molecule has 3 heterocycles. The zero-order valence-electron chi connectivity index (χ0n) is 22.5. The van der Waals surface area contributed by atoms with Crippen molar-refractivity contribution >= 4 is 17.8 Å². The summed E-state index contributed by atoms with van der Waals surface area (Å²) < 4.78 is 32.7. The molecular formula is C31H29FN4O5. The van der Waals surface area contributed by atoms with Crippen molar-refractivity contribution in [2.45, 2.75) is 25.9 Å². The van der Waals surface area contributed by atoms with E-state index in [0.717, 1.165) is 18.4 Å². The third kappa shape index (κ3) is 5.78. The van der Waals surface area contributed by atoms with Crippen LogP contribution in [0.2, 0.25) is 0 Å². The summed E-state index contributed by atoms with van der Waals surface area (Å²) in [6.07, 6.45) is 3.28. The predicted octanol–water partition coefficient (Wildman–Crippen LogP) is 4.98. The lowest BCUT2D eigenvalue weighted by atomic mass is 10.1. The number of hydrogen-bond acceptors (Lipinski definition) is 6. The Morgan fingerprint density at radius 3 is 2.68 bits per heavy atom. The van der Waals surface area contributed by atoms with Crippen LogP contribution in [0, 0.1) is 12.7 Å². The van der Waals surface area contributed by atoms with Crippen molar-refractivity contribution < 1.29 is 28.2 Å². The van der Waals surface area contributed by atoms with Crippen LogP contribution in [0.15, 0.2) is 72.9 Å². The van der Waals surface area contributed by atoms with E-state index >= 15 is 0 Å². The van der Waals surface area contributed by atoms with Gasteiger partial charge < -0.3 is 19.1 Å². The number of anilines is 1. The first-order valence-electron chi connectivity index (χ1n) is 13.5. The fourth-order valence-corrected chi connectivity index (χ4v) is 4.95. The molecule has 0 unspecified atom stereocenters. The number of benzene rings is 3. The summed E-state index contributed by atoms with van der Waals surface area (Å²) in [5.41, 5.74) is 2.84. The quantitative estimate of drug-likeness (QED) is 0.329. The third-order valence-electron chi connectivity index (χ3n) is 7.15. The standard InChI is InChI=1S/C31H29FN4O5/c1-20-9-11-23(15-25(20)32)36-17-26(21-6-3-2-4-7-21)33-31(36)34-29(37)18-35(16-24-8-5-13-39-24)30(38)22-10-12-27-28(14-22)41-19-40-27/h2-4,6-7,9-12,14-15,17,24H,5,8,13,16,18-19H2,1H3,(H,33,34,37)/t24-/m0/s1. The van der Waals surface area contributed by atoms with E-state index in [1.54, 1.807) is 48.0 Å². The summed E-state index contributed by atoms with van der Waals surface area (Å²) in [6.45, 7) is 2.43. The first-order chi connectivity index (χ1) is 19.9. The number of halogens is 1. The average Bonchev–Trinajstić information content (AvgIpc) is 3.75. The number of carbonyl (C=O) groups excluding carboxylic acids is 2. The number of aromatic nitrogens is 2. The van der Waals surface area contributed by atoms with Crippen LogP contribution < -0.4 is 14.8 Å². The lowest BCUT2D eigenvalue weighted by molar-refractivity contribution is -0.117. The molecular weight excluding hydrogens is 527 g/mol. The Bertz CT molecular complexity index is 1580. The molecule has 210 valence electrons. The second kappa shape index (κ2) is 11.4. The van der Waals surface area contributed by atoms with Crippen LogP contribution in [0.25, 0.3) is 16.9 Å². The van der Waals surface area contributed by atoms with Gasteiger partial charge in [-0.2, -0.15) is 0 Å². The molecule has 0 saturated carbocycles. The van der Waals surface area contributed by atoms with Crippen LogP contribution in [0.3, 0.4) is 0 Å². The number of aryl methyl sites for hydroxylation is 1. The average molecular weight is 557 g/mol. The number of nitrogens with one attached hydrogen (secondary N) is 1. The molecule has 2 amide bonds. The van der Waals surface area contributed by atoms with E-state index in [4.69, 9.17) is 14.2 Å². The van der Waals surface area contributed by atoms with Gasteiger partial charge in [-0.3, -0.25) is 19.5 Å². The van der Waals surface area contributed by atoms with Gasteiger partial charge in [0.2, 0.25) is 18.6 Å². The summed E-state index contributed by atoms with van der Waals surface area (Å²) in [6, 6.07) is 19.3. The number of fused-ring (bicyclic) bond motifs is 1. The largest absolute Gasteiger partial charge is 0.454 e. The predicted molar refractivity (Wildman–Crippen MR) is 150 cm³/mol. The van der Waals surface area contributed by atoms with Crippen LogP contribution in [-0.4, -0.2) is 58.9 Å². The molecule has 9 nitrogen and oxygen atoms in total. The monoisotopic (exact) mass is 556 g/mol. The van der Waals surface area contributed by atoms with Gasteiger partial charge in [-0.05, 0) is 55.7 Å². The SMILES string of the molecule is Cc1ccc(-n2cc(-c3ccccc3)nc2NC(=O)CN(C[C@@H]2CCCO2)C(=O)c2ccc3c(c2)OCO3)cc1F. The third-order valence-corrected chi connectivity index (χ3v) is 7.15. The molecule has 3 aromatic carbocycles. The highest BCUT2D eigenvalue weighted by Gasteiger charge is 2.27. The van der Waals surface area contributed by atoms with Crippen molar-refractivity contribution in [1.82, 2.24) is 14.5 Å². The lowest BCUT2D eigenvalue weighted by Crippen LogP contribution is -2.42. The summed E-state index contributed by atoms with van der Waals surface area (Å²) in [4.78, 5) is 33.2. The van der Waals surface area contributed by atoms with Crippen molar-refractivity contribution in [1.29, 1.82) is 0 Å². The topological polar surface area (TPSA) is 94.9 Å². The molecule has 2 aliphatic rings. The van der Waals surface area contributed by atoms with Crippen molar-refractivity contribution in [2.24, 2.45) is 0 Å². The number of nitrogens with zero attached hydrogens (tertiary/aromatic N) is 3. The van der Waals surface area contributed by atoms with Crippen molar-refractivity contribution in [3.63, 3.8) is 0 Å². The van der Waals surface area contributed by atoms with Gasteiger partial charge in [0.15, 0.2) is 11.5 Å². The van der Waals surface area contributed by atoms with Crippen LogP contribution in [-0.2, 0) is 9.53 Å². The Kier molecular flexibility index (Phi) is 7.39. The number of rotatable bonds is 8. The van der Waals surface area contributed by atoms with Crippen molar-refractivity contribution in [3.05, 3.63) is 89.9 Å². The minimum absolute atomic E-state index is 0.0948. The van der Waals surface area contributed by atoms with Gasteiger partial charge in [-0.15, -0.1) is 0 Å². The molecule has 0 radical (unpaired) electrons. The fraction of sp³-hybridized carbons (Fsp3) is 0.258. The molecule has 2 aliphatic heterocycles. The number of amides is 2. The normalized spacial score (nSPS) is 15.6. The van der Waals surface area contributed by atoms with E-state index < -0.39 is 5.91 Å². The fourth-order valence-electron chi connectivity index (χ4n) is 4.95. The minimum atomic E-state index is -0.448. The van der Waals surface area contributed by atoms with Crippen molar-refractivity contribution in [2.75, 3.05) is 31.8 Å². The Balaban J connectivity index is 1.27. The number of hydrogen-bond donors (Lipinski definition) is 1. The van der Waals surface area contributed by atoms with Gasteiger partial charge in [0.25, 0.3) is 5.91 Å². The Morgan fingerprint density at radius 1 is 1.07 bits per heavy atom. The van der Waals surface area contributed by atoms with E-state index in [1.165, 1.54) is 11.0 Å². The number of ether oxygens (including phenoxy) is 3. The van der Waals surface area contributed by atoms with Gasteiger partial charge in [0.1, 0.15) is 12.4 Å². The molecule has 1 N–H and O–H groups in total.